The van der Waals surface area contributed by atoms with Gasteiger partial charge in [-0.05, 0) is 25.5 Å². The largest absolute Gasteiger partial charge is 0.495 e. The van der Waals surface area contributed by atoms with Crippen molar-refractivity contribution in [3.05, 3.63) is 50.2 Å². The average Bonchev–Trinajstić information content (AvgIpc) is 3.14. The molecule has 164 valence electrons. The predicted molar refractivity (Wildman–Crippen MR) is 119 cm³/mol. The maximum absolute atomic E-state index is 13.4. The van der Waals surface area contributed by atoms with Crippen LogP contribution in [-0.2, 0) is 20.1 Å². The molecule has 1 unspecified atom stereocenters. The van der Waals surface area contributed by atoms with E-state index in [-0.39, 0.29) is 12.6 Å². The van der Waals surface area contributed by atoms with E-state index in [2.05, 4.69) is 11.1 Å². The quantitative estimate of drug-likeness (QED) is 0.589. The van der Waals surface area contributed by atoms with Crippen LogP contribution in [-0.4, -0.2) is 45.4 Å². The lowest BCUT2D eigenvalue weighted by Gasteiger charge is -2.20. The third-order valence-electron chi connectivity index (χ3n) is 5.20. The molecule has 2 N–H and O–H groups in total. The molecule has 0 radical (unpaired) electrons. The first-order chi connectivity index (χ1) is 14.7. The van der Waals surface area contributed by atoms with Crippen LogP contribution >= 0.6 is 0 Å². The highest BCUT2D eigenvalue weighted by molar-refractivity contribution is 5.74. The van der Waals surface area contributed by atoms with Gasteiger partial charge < -0.3 is 19.9 Å². The molecule has 2 heterocycles. The Hall–Kier alpha value is -3.58. The van der Waals surface area contributed by atoms with Crippen molar-refractivity contribution in [1.82, 2.24) is 18.7 Å². The number of benzene rings is 1. The Morgan fingerprint density at radius 1 is 1.32 bits per heavy atom. The minimum atomic E-state index is -0.508. The van der Waals surface area contributed by atoms with Crippen molar-refractivity contribution in [2.24, 2.45) is 12.8 Å². The molecule has 0 aliphatic rings. The van der Waals surface area contributed by atoms with E-state index >= 15 is 0 Å². The van der Waals surface area contributed by atoms with E-state index in [4.69, 9.17) is 10.5 Å². The molecule has 0 amide bonds. The van der Waals surface area contributed by atoms with Gasteiger partial charge >= 0.3 is 5.69 Å². The van der Waals surface area contributed by atoms with Gasteiger partial charge in [-0.1, -0.05) is 12.1 Å². The Morgan fingerprint density at radius 2 is 2.03 bits per heavy atom. The third kappa shape index (κ3) is 3.80. The first kappa shape index (κ1) is 22.1. The monoisotopic (exact) mass is 425 g/mol. The lowest BCUT2D eigenvalue weighted by Crippen LogP contribution is -2.40. The molecular weight excluding hydrogens is 398 g/mol. The molecule has 10 heteroatoms. The molecule has 3 aromatic rings. The normalized spacial score (nSPS) is 12.0. The molecule has 1 aromatic carbocycles. The number of rotatable bonds is 7. The lowest BCUT2D eigenvalue weighted by molar-refractivity contribution is 0.412. The number of hydrogen-bond donors (Lipinski definition) is 1. The number of nitriles is 1. The van der Waals surface area contributed by atoms with E-state index in [0.29, 0.717) is 47.1 Å². The van der Waals surface area contributed by atoms with Crippen molar-refractivity contribution in [2.75, 3.05) is 25.6 Å². The summed E-state index contributed by atoms with van der Waals surface area (Å²) in [4.78, 5) is 32.9. The van der Waals surface area contributed by atoms with Crippen LogP contribution in [0.3, 0.4) is 0 Å². The van der Waals surface area contributed by atoms with Gasteiger partial charge in [-0.3, -0.25) is 13.9 Å². The maximum atomic E-state index is 13.4. The second-order valence-corrected chi connectivity index (χ2v) is 7.53. The zero-order valence-electron chi connectivity index (χ0n) is 18.4. The van der Waals surface area contributed by atoms with Gasteiger partial charge in [0.15, 0.2) is 11.2 Å². The Labute approximate surface area is 179 Å². The van der Waals surface area contributed by atoms with Gasteiger partial charge in [-0.2, -0.15) is 10.2 Å². The van der Waals surface area contributed by atoms with E-state index in [1.165, 1.54) is 11.7 Å². The van der Waals surface area contributed by atoms with Crippen LogP contribution in [0.15, 0.2) is 27.8 Å². The van der Waals surface area contributed by atoms with Gasteiger partial charge in [0.25, 0.3) is 5.56 Å². The number of aromatic nitrogens is 4. The minimum absolute atomic E-state index is 0.0541. The lowest BCUT2D eigenvalue weighted by atomic mass is 10.1. The van der Waals surface area contributed by atoms with Gasteiger partial charge in [-0.15, -0.1) is 0 Å². The van der Waals surface area contributed by atoms with Crippen molar-refractivity contribution in [3.63, 3.8) is 0 Å². The van der Waals surface area contributed by atoms with Crippen LogP contribution in [0.4, 0.5) is 5.95 Å². The molecule has 0 saturated carbocycles. The zero-order chi connectivity index (χ0) is 22.9. The molecule has 0 aliphatic heterocycles. The number of fused-ring (bicyclic) bond motifs is 1. The smallest absolute Gasteiger partial charge is 0.332 e. The molecule has 1 atom stereocenters. The number of imidazole rings is 1. The number of ether oxygens (including phenoxy) is 1. The average molecular weight is 425 g/mol. The standard InChI is InChI=1S/C21H27N7O3/c1-6-27-17-18(24-20(27)25(3)11-13(2)23)26(4)21(30)28(19(17)29)12-14-8-7-9-16(31-5)15(14)10-22/h7-9,13H,6,11-12,23H2,1-5H3. The zero-order valence-corrected chi connectivity index (χ0v) is 18.4. The van der Waals surface area contributed by atoms with Crippen LogP contribution in [0, 0.1) is 11.3 Å². The number of hydrogen-bond acceptors (Lipinski definition) is 7. The van der Waals surface area contributed by atoms with Crippen molar-refractivity contribution in [1.29, 1.82) is 5.26 Å². The summed E-state index contributed by atoms with van der Waals surface area (Å²) >= 11 is 0. The van der Waals surface area contributed by atoms with Crippen LogP contribution in [0.5, 0.6) is 5.75 Å². The Bertz CT molecular complexity index is 1280. The fourth-order valence-corrected chi connectivity index (χ4v) is 3.78. The minimum Gasteiger partial charge on any atom is -0.495 e. The van der Waals surface area contributed by atoms with E-state index < -0.39 is 11.2 Å². The molecule has 0 aliphatic carbocycles. The molecule has 0 fully saturated rings. The first-order valence-electron chi connectivity index (χ1n) is 9.97. The topological polar surface area (TPSA) is 124 Å². The fourth-order valence-electron chi connectivity index (χ4n) is 3.78. The van der Waals surface area contributed by atoms with Crippen molar-refractivity contribution in [2.45, 2.75) is 33.0 Å². The summed E-state index contributed by atoms with van der Waals surface area (Å²) in [5.41, 5.74) is 6.42. The van der Waals surface area contributed by atoms with Crippen LogP contribution in [0.2, 0.25) is 0 Å². The van der Waals surface area contributed by atoms with E-state index in [0.717, 1.165) is 4.57 Å². The number of nitrogens with zero attached hydrogens (tertiary/aromatic N) is 6. The Morgan fingerprint density at radius 3 is 2.61 bits per heavy atom. The van der Waals surface area contributed by atoms with Crippen molar-refractivity contribution < 1.29 is 4.74 Å². The van der Waals surface area contributed by atoms with E-state index in [1.54, 1.807) is 29.8 Å². The summed E-state index contributed by atoms with van der Waals surface area (Å²) in [5, 5.41) is 9.56. The number of methoxy groups -OCH3 is 1. The summed E-state index contributed by atoms with van der Waals surface area (Å²) in [6.45, 7) is 4.78. The molecule has 0 spiro atoms. The molecular formula is C21H27N7O3. The Balaban J connectivity index is 2.25. The fraction of sp³-hybridized carbons (Fsp3) is 0.429. The van der Waals surface area contributed by atoms with Crippen LogP contribution in [0.1, 0.15) is 25.0 Å². The van der Waals surface area contributed by atoms with Gasteiger partial charge in [0.1, 0.15) is 11.8 Å². The predicted octanol–water partition coefficient (Wildman–Crippen LogP) is 0.629. The number of aryl methyl sites for hydroxylation is 2. The number of nitrogens with two attached hydrogens (primary N) is 1. The van der Waals surface area contributed by atoms with Gasteiger partial charge in [0.05, 0.1) is 19.2 Å². The van der Waals surface area contributed by atoms with Gasteiger partial charge in [-0.25, -0.2) is 4.79 Å². The van der Waals surface area contributed by atoms with Gasteiger partial charge in [0, 0.05) is 33.2 Å². The molecule has 3 rings (SSSR count). The summed E-state index contributed by atoms with van der Waals surface area (Å²) in [5.74, 6) is 0.961. The van der Waals surface area contributed by atoms with E-state index in [1.807, 2.05) is 25.8 Å². The summed E-state index contributed by atoms with van der Waals surface area (Å²) in [7, 11) is 4.90. The van der Waals surface area contributed by atoms with Crippen LogP contribution in [0.25, 0.3) is 11.2 Å². The van der Waals surface area contributed by atoms with E-state index in [9.17, 15) is 14.9 Å². The SMILES string of the molecule is CCn1c(N(C)CC(C)N)nc2c1c(=O)n(Cc1cccc(OC)c1C#N)c(=O)n2C. The highest BCUT2D eigenvalue weighted by Crippen LogP contribution is 2.22. The van der Waals surface area contributed by atoms with Gasteiger partial charge in [0.2, 0.25) is 5.95 Å². The maximum Gasteiger partial charge on any atom is 0.332 e. The highest BCUT2D eigenvalue weighted by atomic mass is 16.5. The molecule has 0 saturated heterocycles. The molecule has 10 nitrogen and oxygen atoms in total. The molecule has 0 bridgehead atoms. The second kappa shape index (κ2) is 8.65. The number of anilines is 1. The summed E-state index contributed by atoms with van der Waals surface area (Å²) in [6, 6.07) is 7.10. The first-order valence-corrected chi connectivity index (χ1v) is 9.97. The summed E-state index contributed by atoms with van der Waals surface area (Å²) < 4.78 is 9.51. The third-order valence-corrected chi connectivity index (χ3v) is 5.20. The Kier molecular flexibility index (Phi) is 6.17. The van der Waals surface area contributed by atoms with Crippen molar-refractivity contribution in [3.8, 4) is 11.8 Å². The van der Waals surface area contributed by atoms with Crippen LogP contribution < -0.4 is 26.6 Å². The summed E-state index contributed by atoms with van der Waals surface area (Å²) in [6.07, 6.45) is 0. The molecule has 2 aromatic heterocycles. The second-order valence-electron chi connectivity index (χ2n) is 7.53. The van der Waals surface area contributed by atoms with Crippen molar-refractivity contribution >= 4 is 17.1 Å². The molecule has 31 heavy (non-hydrogen) atoms. The highest BCUT2D eigenvalue weighted by Gasteiger charge is 2.22. The number of likely N-dealkylation sites (N-methyl/N-ethyl adjacent to an activating group) is 1.